The second-order valence-electron chi connectivity index (χ2n) is 13.5. The molecule has 9 rings (SSSR count). The fourth-order valence-corrected chi connectivity index (χ4v) is 12.1. The molecule has 2 spiro atoms. The van der Waals surface area contributed by atoms with Gasteiger partial charge in [-0.05, 0) is 99.9 Å². The van der Waals surface area contributed by atoms with Crippen molar-refractivity contribution in [1.29, 1.82) is 15.8 Å². The van der Waals surface area contributed by atoms with Gasteiger partial charge in [-0.15, -0.1) is 45.3 Å². The molecule has 0 radical (unpaired) electrons. The number of fused-ring (bicyclic) bond motifs is 8. The van der Waals surface area contributed by atoms with E-state index in [1.165, 1.54) is 57.8 Å². The van der Waals surface area contributed by atoms with Gasteiger partial charge in [-0.25, -0.2) is 20.1 Å². The van der Waals surface area contributed by atoms with Gasteiger partial charge in [-0.3, -0.25) is 0 Å². The van der Waals surface area contributed by atoms with Gasteiger partial charge in [-0.1, -0.05) is 12.8 Å². The molecule has 0 saturated heterocycles. The van der Waals surface area contributed by atoms with Gasteiger partial charge >= 0.3 is 0 Å². The molecule has 2 saturated carbocycles. The Balaban J connectivity index is 1.19. The normalized spacial score (nSPS) is 17.5. The molecule has 1 aromatic carbocycles. The minimum absolute atomic E-state index is 0.0604. The molecular formula is C40H28N6O2S4. The third-order valence-electron chi connectivity index (χ3n) is 10.4. The number of allylic oxidation sites excluding steroid dienone is 2. The molecule has 8 nitrogen and oxygen atoms in total. The highest BCUT2D eigenvalue weighted by atomic mass is 32.1. The Morgan fingerprint density at radius 3 is 1.60 bits per heavy atom. The summed E-state index contributed by atoms with van der Waals surface area (Å²) >= 11 is 6.31. The predicted molar refractivity (Wildman–Crippen MR) is 205 cm³/mol. The van der Waals surface area contributed by atoms with Gasteiger partial charge in [0.2, 0.25) is 11.8 Å². The van der Waals surface area contributed by atoms with E-state index in [1.54, 1.807) is 34.8 Å². The lowest BCUT2D eigenvalue weighted by molar-refractivity contribution is 0.0163. The molecule has 5 aromatic rings. The molecule has 2 aliphatic carbocycles. The minimum Gasteiger partial charge on any atom is -0.465 e. The number of thiazole rings is 2. The number of aromatic nitrogens is 2. The quantitative estimate of drug-likeness (QED) is 0.132. The van der Waals surface area contributed by atoms with Crippen LogP contribution in [0.2, 0.25) is 0 Å². The summed E-state index contributed by atoms with van der Waals surface area (Å²) in [4.78, 5) is 19.2. The van der Waals surface area contributed by atoms with Crippen LogP contribution in [0.4, 0.5) is 0 Å². The molecule has 0 amide bonds. The second-order valence-corrected chi connectivity index (χ2v) is 17.7. The molecule has 0 N–H and O–H groups in total. The summed E-state index contributed by atoms with van der Waals surface area (Å²) in [7, 11) is 0. The maximum Gasteiger partial charge on any atom is 0.263 e. The fraction of sp³-hybridized carbons (Fsp3) is 0.300. The maximum absolute atomic E-state index is 9.28. The maximum atomic E-state index is 9.28. The van der Waals surface area contributed by atoms with Gasteiger partial charge in [0.15, 0.2) is 0 Å². The van der Waals surface area contributed by atoms with Gasteiger partial charge in [0.1, 0.15) is 38.9 Å². The molecule has 2 aliphatic heterocycles. The van der Waals surface area contributed by atoms with E-state index in [9.17, 15) is 15.8 Å². The first-order valence-electron chi connectivity index (χ1n) is 17.3. The number of rotatable bonds is 4. The number of nitriles is 3. The Morgan fingerprint density at radius 1 is 0.673 bits per heavy atom. The zero-order valence-corrected chi connectivity index (χ0v) is 31.1. The Morgan fingerprint density at radius 2 is 1.15 bits per heavy atom. The van der Waals surface area contributed by atoms with E-state index in [2.05, 4.69) is 17.0 Å². The van der Waals surface area contributed by atoms with Gasteiger partial charge in [0, 0.05) is 32.0 Å². The molecule has 0 bridgehead atoms. The first-order chi connectivity index (χ1) is 25.4. The third-order valence-corrected chi connectivity index (χ3v) is 15.0. The van der Waals surface area contributed by atoms with Gasteiger partial charge < -0.3 is 9.47 Å². The highest BCUT2D eigenvalue weighted by Gasteiger charge is 2.49. The second kappa shape index (κ2) is 12.8. The first kappa shape index (κ1) is 32.8. The summed E-state index contributed by atoms with van der Waals surface area (Å²) in [6.45, 7) is 7.27. The molecule has 6 heterocycles. The summed E-state index contributed by atoms with van der Waals surface area (Å²) in [6, 6.07) is 18.5. The van der Waals surface area contributed by atoms with Crippen LogP contribution in [-0.4, -0.2) is 9.97 Å². The highest BCUT2D eigenvalue weighted by Crippen LogP contribution is 2.60. The van der Waals surface area contributed by atoms with E-state index in [0.717, 1.165) is 90.6 Å². The van der Waals surface area contributed by atoms with Gasteiger partial charge in [-0.2, -0.15) is 10.5 Å². The molecule has 4 aliphatic rings. The third kappa shape index (κ3) is 5.38. The van der Waals surface area contributed by atoms with Crippen molar-refractivity contribution in [2.45, 2.75) is 75.4 Å². The van der Waals surface area contributed by atoms with Crippen LogP contribution in [0.3, 0.4) is 0 Å². The number of hydrogen-bond acceptors (Lipinski definition) is 11. The molecule has 0 unspecified atom stereocenters. The van der Waals surface area contributed by atoms with Crippen LogP contribution in [-0.2, 0) is 11.2 Å². The van der Waals surface area contributed by atoms with Crippen molar-refractivity contribution in [3.63, 3.8) is 0 Å². The average Bonchev–Trinajstić information content (AvgIpc) is 4.00. The van der Waals surface area contributed by atoms with Crippen molar-refractivity contribution < 1.29 is 9.47 Å². The van der Waals surface area contributed by atoms with Crippen LogP contribution < -0.4 is 9.47 Å². The molecule has 2 fully saturated rings. The highest BCUT2D eigenvalue weighted by molar-refractivity contribution is 7.24. The van der Waals surface area contributed by atoms with E-state index in [1.807, 2.05) is 42.5 Å². The summed E-state index contributed by atoms with van der Waals surface area (Å²) in [6.07, 6.45) is 13.7. The lowest BCUT2D eigenvalue weighted by atomic mass is 9.71. The molecule has 52 heavy (non-hydrogen) atoms. The minimum atomic E-state index is -0.471. The number of benzene rings is 1. The van der Waals surface area contributed by atoms with Crippen LogP contribution in [0.15, 0.2) is 47.7 Å². The van der Waals surface area contributed by atoms with E-state index in [-0.39, 0.29) is 11.3 Å². The zero-order chi connectivity index (χ0) is 35.5. The van der Waals surface area contributed by atoms with Crippen molar-refractivity contribution >= 4 is 57.5 Å². The molecule has 12 heteroatoms. The van der Waals surface area contributed by atoms with Gasteiger partial charge in [0.25, 0.3) is 5.70 Å². The van der Waals surface area contributed by atoms with Crippen molar-refractivity contribution in [2.75, 3.05) is 0 Å². The fourth-order valence-electron chi connectivity index (χ4n) is 8.05. The van der Waals surface area contributed by atoms with Crippen molar-refractivity contribution in [3.05, 3.63) is 80.0 Å². The first-order valence-corrected chi connectivity index (χ1v) is 20.5. The van der Waals surface area contributed by atoms with E-state index >= 15 is 0 Å². The number of thiophene rings is 2. The van der Waals surface area contributed by atoms with Crippen LogP contribution in [0.25, 0.3) is 57.6 Å². The number of hydrogen-bond donors (Lipinski definition) is 0. The molecular weight excluding hydrogens is 725 g/mol. The van der Waals surface area contributed by atoms with Crippen molar-refractivity contribution in [2.24, 2.45) is 0 Å². The largest absolute Gasteiger partial charge is 0.465 e. The Kier molecular flexibility index (Phi) is 8.11. The lowest BCUT2D eigenvalue weighted by Gasteiger charge is -2.45. The van der Waals surface area contributed by atoms with Crippen LogP contribution >= 0.6 is 45.3 Å². The van der Waals surface area contributed by atoms with E-state index in [4.69, 9.17) is 26.0 Å². The van der Waals surface area contributed by atoms with Crippen LogP contribution in [0.5, 0.6) is 11.8 Å². The Bertz CT molecular complexity index is 2300. The average molecular weight is 753 g/mol. The topological polar surface area (TPSA) is 120 Å². The van der Waals surface area contributed by atoms with E-state index in [0.29, 0.717) is 11.8 Å². The Hall–Kier alpha value is -5.08. The lowest BCUT2D eigenvalue weighted by Crippen LogP contribution is -2.40. The van der Waals surface area contributed by atoms with Crippen LogP contribution in [0.1, 0.15) is 85.1 Å². The van der Waals surface area contributed by atoms with Gasteiger partial charge in [0.05, 0.1) is 32.1 Å². The summed E-state index contributed by atoms with van der Waals surface area (Å²) in [5.41, 5.74) is 4.00. The molecule has 254 valence electrons. The predicted octanol–water partition coefficient (Wildman–Crippen LogP) is 11.7. The van der Waals surface area contributed by atoms with Crippen LogP contribution in [0, 0.1) is 40.6 Å². The molecule has 0 atom stereocenters. The summed E-state index contributed by atoms with van der Waals surface area (Å²) in [5.74, 6) is 1.37. The van der Waals surface area contributed by atoms with Crippen molar-refractivity contribution in [1.82, 2.24) is 9.97 Å². The number of ether oxygens (including phenoxy) is 2. The Labute approximate surface area is 317 Å². The van der Waals surface area contributed by atoms with E-state index < -0.39 is 11.2 Å². The molecule has 4 aromatic heterocycles. The van der Waals surface area contributed by atoms with Crippen molar-refractivity contribution in [3.8, 4) is 70.6 Å². The SMILES string of the molecule is [C-]#[N+]/C(C#N)=C/c1ccc(-c2nc3c(s2)-c2cc4c(cc2C2(CCCCC2)O3)-c2sc(-c3ccc(C=C(C#N)C#N)s3)nc2OC42CCCCC2)s1. The smallest absolute Gasteiger partial charge is 0.263 e. The summed E-state index contributed by atoms with van der Waals surface area (Å²) < 4.78 is 14.1. The number of nitrogens with zero attached hydrogens (tertiary/aromatic N) is 6. The monoisotopic (exact) mass is 752 g/mol. The summed E-state index contributed by atoms with van der Waals surface area (Å²) in [5, 5.41) is 29.5. The standard InChI is InChI=1S/C40H28N6O2S4/c1-44-24(22-43)17-26-9-11-32(50-26)38-46-36-34(52-38)28-19-29-27(18-30(28)40(48-36)14-6-3-7-15-40)33-35(47-39(29)12-4-2-5-13-39)45-37(51-33)31-10-8-25(49-31)16-23(20-41)21-42/h8-11,16-19H,2-7,12-15H2/b24-17+. The zero-order valence-electron chi connectivity index (χ0n) is 27.8.